The number of hydrazine groups is 2. The molecule has 0 aliphatic heterocycles. The SMILES string of the molecule is NC=S.NNC(=O)S.NNC(=O)S.[H-].[K+]. The Bertz CT molecular complexity index is 150. The van der Waals surface area contributed by atoms with E-state index in [2.05, 4.69) is 54.9 Å². The van der Waals surface area contributed by atoms with Crippen LogP contribution in [0.25, 0.3) is 0 Å². The van der Waals surface area contributed by atoms with Crippen LogP contribution in [-0.4, -0.2) is 16.0 Å². The molecule has 0 saturated heterocycles. The maximum Gasteiger partial charge on any atom is 1.00 e. The Morgan fingerprint density at radius 1 is 1.21 bits per heavy atom. The van der Waals surface area contributed by atoms with Gasteiger partial charge in [-0.1, -0.05) is 37.5 Å². The number of hydrogen-bond acceptors (Lipinski definition) is 5. The molecule has 0 rings (SSSR count). The predicted octanol–water partition coefficient (Wildman–Crippen LogP) is -3.98. The topological polar surface area (TPSA) is 136 Å². The second-order valence-corrected chi connectivity index (χ2v) is 2.12. The normalized spacial score (nSPS) is 5.71. The molecule has 8 N–H and O–H groups in total. The number of thiol groups is 2. The molecule has 0 radical (unpaired) electrons. The fraction of sp³-hybridized carbons (Fsp3) is 0. The minimum Gasteiger partial charge on any atom is -1.00 e. The van der Waals surface area contributed by atoms with Crippen LogP contribution < -0.4 is 79.7 Å². The summed E-state index contributed by atoms with van der Waals surface area (Å²) in [6.45, 7) is 0. The van der Waals surface area contributed by atoms with Gasteiger partial charge in [-0.25, -0.2) is 11.7 Å². The number of nitrogens with two attached hydrogens (primary N) is 3. The number of amides is 2. The number of carbonyl (C=O) groups is 2. The Balaban J connectivity index is -0.0000000322. The Kier molecular flexibility index (Phi) is 41.3. The predicted molar refractivity (Wildman–Crippen MR) is 62.4 cm³/mol. The first-order valence-electron chi connectivity index (χ1n) is 2.50. The molecule has 0 spiro atoms. The van der Waals surface area contributed by atoms with Gasteiger partial charge in [-0.15, -0.1) is 0 Å². The van der Waals surface area contributed by atoms with E-state index in [4.69, 9.17) is 0 Å². The van der Waals surface area contributed by atoms with Gasteiger partial charge in [-0.05, 0) is 0 Å². The van der Waals surface area contributed by atoms with E-state index >= 15 is 0 Å². The van der Waals surface area contributed by atoms with Gasteiger partial charge in [0, 0.05) is 0 Å². The van der Waals surface area contributed by atoms with Gasteiger partial charge in [0.1, 0.15) is 0 Å². The van der Waals surface area contributed by atoms with Crippen LogP contribution in [0.1, 0.15) is 1.43 Å². The third-order valence-corrected chi connectivity index (χ3v) is 0.505. The largest absolute Gasteiger partial charge is 1.00 e. The van der Waals surface area contributed by atoms with Crippen molar-refractivity contribution in [2.24, 2.45) is 17.4 Å². The summed E-state index contributed by atoms with van der Waals surface area (Å²) in [7, 11) is 0. The molecule has 80 valence electrons. The Morgan fingerprint density at radius 3 is 1.29 bits per heavy atom. The quantitative estimate of drug-likeness (QED) is 0.0605. The van der Waals surface area contributed by atoms with Crippen LogP contribution in [0.15, 0.2) is 0 Å². The standard InChI is InChI=1S/2CH4N2OS.CH3NS.K.H/c2*2-3-1(4)5;2-1-3;;/h2*2H2,(H2,3,4,5);1H,(H2,2,3);;/q;;;+1;-1. The van der Waals surface area contributed by atoms with Crippen LogP contribution in [0, 0.1) is 0 Å². The number of rotatable bonds is 0. The fourth-order valence-corrected chi connectivity index (χ4v) is 0. The van der Waals surface area contributed by atoms with Gasteiger partial charge in [0.25, 0.3) is 10.5 Å². The molecule has 0 unspecified atom stereocenters. The van der Waals surface area contributed by atoms with E-state index < -0.39 is 10.5 Å². The maximum absolute atomic E-state index is 9.44. The van der Waals surface area contributed by atoms with Crippen LogP contribution in [0.5, 0.6) is 0 Å². The molecule has 0 bridgehead atoms. The zero-order valence-corrected chi connectivity index (χ0v) is 13.2. The first-order chi connectivity index (χ1) is 5.95. The van der Waals surface area contributed by atoms with Crippen LogP contribution >= 0.6 is 37.5 Å². The number of hydrogen-bond donors (Lipinski definition) is 7. The van der Waals surface area contributed by atoms with Crippen molar-refractivity contribution in [3.8, 4) is 0 Å². The van der Waals surface area contributed by atoms with Gasteiger partial charge in [0.05, 0.1) is 5.49 Å². The number of carbonyl (C=O) groups excluding carboxylic acids is 2. The van der Waals surface area contributed by atoms with Crippen molar-refractivity contribution < 1.29 is 62.4 Å². The average molecular weight is 285 g/mol. The van der Waals surface area contributed by atoms with E-state index in [1.165, 1.54) is 0 Å². The van der Waals surface area contributed by atoms with Crippen LogP contribution in [-0.2, 0) is 0 Å². The summed E-state index contributed by atoms with van der Waals surface area (Å²) in [5.74, 6) is 8.99. The summed E-state index contributed by atoms with van der Waals surface area (Å²) in [6.07, 6.45) is 0. The second kappa shape index (κ2) is 23.7. The van der Waals surface area contributed by atoms with Gasteiger partial charge in [-0.3, -0.25) is 20.4 Å². The third kappa shape index (κ3) is 73.9. The van der Waals surface area contributed by atoms with Gasteiger partial charge in [0.15, 0.2) is 0 Å². The summed E-state index contributed by atoms with van der Waals surface area (Å²) >= 11 is 10.5. The molecule has 14 heavy (non-hydrogen) atoms. The maximum atomic E-state index is 9.44. The summed E-state index contributed by atoms with van der Waals surface area (Å²) < 4.78 is 0. The van der Waals surface area contributed by atoms with E-state index in [0.717, 1.165) is 5.49 Å². The molecule has 0 heterocycles. The molecular formula is C3H12KN5O2S3. The molecule has 2 amide bonds. The molecule has 0 atom stereocenters. The van der Waals surface area contributed by atoms with E-state index in [1.807, 2.05) is 0 Å². The smallest absolute Gasteiger partial charge is 1.00 e. The van der Waals surface area contributed by atoms with E-state index in [0.29, 0.717) is 0 Å². The van der Waals surface area contributed by atoms with Gasteiger partial charge in [0.2, 0.25) is 0 Å². The molecule has 0 aromatic rings. The van der Waals surface area contributed by atoms with Crippen molar-refractivity contribution in [3.05, 3.63) is 0 Å². The molecule has 0 fully saturated rings. The zero-order valence-electron chi connectivity index (χ0n) is 8.43. The minimum atomic E-state index is -0.523. The van der Waals surface area contributed by atoms with Gasteiger partial charge < -0.3 is 7.16 Å². The van der Waals surface area contributed by atoms with Crippen molar-refractivity contribution in [1.82, 2.24) is 10.9 Å². The summed E-state index contributed by atoms with van der Waals surface area (Å²) in [5, 5.41) is -1.05. The van der Waals surface area contributed by atoms with Crippen LogP contribution in [0.3, 0.4) is 0 Å². The van der Waals surface area contributed by atoms with Crippen molar-refractivity contribution in [3.63, 3.8) is 0 Å². The van der Waals surface area contributed by atoms with E-state index in [-0.39, 0.29) is 52.8 Å². The molecule has 0 aliphatic carbocycles. The fourth-order valence-electron chi connectivity index (χ4n) is 0. The first-order valence-corrected chi connectivity index (χ1v) is 3.87. The molecule has 0 aromatic heterocycles. The minimum absolute atomic E-state index is 0. The Morgan fingerprint density at radius 2 is 1.29 bits per heavy atom. The van der Waals surface area contributed by atoms with Crippen molar-refractivity contribution in [2.75, 3.05) is 0 Å². The zero-order chi connectivity index (χ0) is 11.3. The average Bonchev–Trinajstić information content (AvgIpc) is 2.07. The van der Waals surface area contributed by atoms with Crippen LogP contribution in [0.4, 0.5) is 9.59 Å². The van der Waals surface area contributed by atoms with Gasteiger partial charge >= 0.3 is 51.4 Å². The van der Waals surface area contributed by atoms with Crippen molar-refractivity contribution in [2.45, 2.75) is 0 Å². The Hall–Kier alpha value is 1.09. The molecular weight excluding hydrogens is 273 g/mol. The van der Waals surface area contributed by atoms with E-state index in [9.17, 15) is 9.59 Å². The summed E-state index contributed by atoms with van der Waals surface area (Å²) in [4.78, 5) is 18.9. The molecule has 0 saturated carbocycles. The summed E-state index contributed by atoms with van der Waals surface area (Å²) in [5.41, 5.74) is 9.13. The number of thiocarbonyl (C=S) groups is 1. The first kappa shape index (κ1) is 24.4. The molecule has 0 aliphatic rings. The monoisotopic (exact) mass is 285 g/mol. The second-order valence-electron chi connectivity index (χ2n) is 1.04. The van der Waals surface area contributed by atoms with Crippen LogP contribution in [0.2, 0.25) is 0 Å². The van der Waals surface area contributed by atoms with E-state index in [1.54, 1.807) is 10.9 Å². The Labute approximate surface area is 142 Å². The van der Waals surface area contributed by atoms with Crippen molar-refractivity contribution >= 4 is 53.4 Å². The molecule has 7 nitrogen and oxygen atoms in total. The molecule has 0 aromatic carbocycles. The van der Waals surface area contributed by atoms with Crippen molar-refractivity contribution in [1.29, 1.82) is 0 Å². The summed E-state index contributed by atoms with van der Waals surface area (Å²) in [6, 6.07) is 0. The third-order valence-electron chi connectivity index (χ3n) is 0.247. The number of nitrogens with one attached hydrogen (secondary N) is 2. The van der Waals surface area contributed by atoms with Gasteiger partial charge in [-0.2, -0.15) is 0 Å². The molecule has 11 heteroatoms.